The maximum absolute atomic E-state index is 15.4. The van der Waals surface area contributed by atoms with Crippen molar-refractivity contribution in [2.24, 2.45) is 0 Å². The summed E-state index contributed by atoms with van der Waals surface area (Å²) in [5.41, 5.74) is -18.5. The van der Waals surface area contributed by atoms with Crippen molar-refractivity contribution in [2.75, 3.05) is 0 Å². The highest BCUT2D eigenvalue weighted by Gasteiger charge is 2.54. The summed E-state index contributed by atoms with van der Waals surface area (Å²) >= 11 is 0. The second-order valence-electron chi connectivity index (χ2n) is 9.93. The zero-order valence-corrected chi connectivity index (χ0v) is 23.3. The van der Waals surface area contributed by atoms with E-state index < -0.39 is 102 Å². The van der Waals surface area contributed by atoms with Gasteiger partial charge < -0.3 is 0 Å². The summed E-state index contributed by atoms with van der Waals surface area (Å²) in [7, 11) is 0. The first-order chi connectivity index (χ1) is 22.7. The Labute approximate surface area is 264 Å². The molecule has 230 valence electrons. The third-order valence-electron chi connectivity index (χ3n) is 7.50. The van der Waals surface area contributed by atoms with Gasteiger partial charge in [0.05, 0.1) is 22.3 Å². The Hall–Kier alpha value is -7.00. The van der Waals surface area contributed by atoms with Gasteiger partial charge in [-0.15, -0.1) is 0 Å². The molecule has 0 N–H and O–H groups in total. The highest BCUT2D eigenvalue weighted by Crippen LogP contribution is 2.62. The van der Waals surface area contributed by atoms with Gasteiger partial charge in [0.1, 0.15) is 59.2 Å². The van der Waals surface area contributed by atoms with Crippen molar-refractivity contribution in [3.05, 3.63) is 116 Å². The molecule has 14 heteroatoms. The van der Waals surface area contributed by atoms with E-state index in [4.69, 9.17) is 0 Å². The van der Waals surface area contributed by atoms with E-state index in [1.807, 2.05) is 0 Å². The fourth-order valence-electron chi connectivity index (χ4n) is 5.87. The standard InChI is InChI=1S/C34H8F8N6/c35-19-5-1-15(2-6-19)23-21(13-47)27-29(25(23)17(9-43)10-44)32(34(40,41)42)28-22(14-48)24(16-3-7-20(36)8-4-16)26(18(11-45)12-46)30(28)31(27)33(37,38)39/h1-8H. The van der Waals surface area contributed by atoms with Crippen molar-refractivity contribution < 1.29 is 35.1 Å². The van der Waals surface area contributed by atoms with E-state index in [2.05, 4.69) is 0 Å². The highest BCUT2D eigenvalue weighted by atomic mass is 19.4. The van der Waals surface area contributed by atoms with Crippen LogP contribution in [0.4, 0.5) is 35.1 Å². The number of rotatable bonds is 2. The van der Waals surface area contributed by atoms with Crippen molar-refractivity contribution in [1.29, 1.82) is 31.6 Å². The number of halogens is 8. The molecule has 2 aliphatic carbocycles. The SMILES string of the molecule is N#CC(C#N)=C1C(c2ccc(F)cc2)=C(C#N)c2c1c(C(F)(F)F)c1c(c2C(F)(F)F)C(=C(C#N)C#N)C(c2ccc(F)cc2)=C1C#N. The summed E-state index contributed by atoms with van der Waals surface area (Å²) in [6.07, 6.45) is -11.4. The molecular formula is C34H8F8N6. The average Bonchev–Trinajstić information content (AvgIpc) is 3.53. The van der Waals surface area contributed by atoms with Gasteiger partial charge in [0.15, 0.2) is 0 Å². The molecule has 0 fully saturated rings. The van der Waals surface area contributed by atoms with Crippen LogP contribution in [0, 0.1) is 79.6 Å². The largest absolute Gasteiger partial charge is 0.417 e. The highest BCUT2D eigenvalue weighted by molar-refractivity contribution is 6.31. The lowest BCUT2D eigenvalue weighted by molar-refractivity contribution is -0.141. The predicted octanol–water partition coefficient (Wildman–Crippen LogP) is 8.50. The average molecular weight is 652 g/mol. The summed E-state index contributed by atoms with van der Waals surface area (Å²) in [6, 6.07) is 15.1. The van der Waals surface area contributed by atoms with Crippen molar-refractivity contribution >= 4 is 33.4 Å². The minimum absolute atomic E-state index is 0.336. The zero-order valence-electron chi connectivity index (χ0n) is 23.3. The maximum Gasteiger partial charge on any atom is 0.417 e. The summed E-state index contributed by atoms with van der Waals surface area (Å²) in [5.74, 6) is -1.75. The Kier molecular flexibility index (Phi) is 7.71. The van der Waals surface area contributed by atoms with Crippen LogP contribution in [0.3, 0.4) is 0 Å². The number of alkyl halides is 6. The third kappa shape index (κ3) is 4.74. The topological polar surface area (TPSA) is 143 Å². The number of hydrogen-bond acceptors (Lipinski definition) is 6. The van der Waals surface area contributed by atoms with E-state index in [0.29, 0.717) is 0 Å². The minimum Gasteiger partial charge on any atom is -0.207 e. The van der Waals surface area contributed by atoms with Crippen LogP contribution in [-0.2, 0) is 12.4 Å². The summed E-state index contributed by atoms with van der Waals surface area (Å²) in [5, 5.41) is 59.8. The normalized spacial score (nSPS) is 13.5. The lowest BCUT2D eigenvalue weighted by atomic mass is 9.81. The molecule has 0 heterocycles. The van der Waals surface area contributed by atoms with Gasteiger partial charge in [-0.25, -0.2) is 8.78 Å². The molecule has 0 spiro atoms. The van der Waals surface area contributed by atoms with E-state index in [1.54, 1.807) is 0 Å². The molecule has 3 aromatic carbocycles. The number of benzene rings is 3. The van der Waals surface area contributed by atoms with Crippen LogP contribution in [-0.4, -0.2) is 0 Å². The molecular weight excluding hydrogens is 644 g/mol. The fourth-order valence-corrected chi connectivity index (χ4v) is 5.87. The molecule has 0 saturated carbocycles. The quantitative estimate of drug-likeness (QED) is 0.201. The van der Waals surface area contributed by atoms with Crippen molar-refractivity contribution in [1.82, 2.24) is 0 Å². The second-order valence-corrected chi connectivity index (χ2v) is 9.93. The first-order valence-corrected chi connectivity index (χ1v) is 13.0. The van der Waals surface area contributed by atoms with Gasteiger partial charge in [-0.2, -0.15) is 57.9 Å². The van der Waals surface area contributed by atoms with Crippen LogP contribution in [0.25, 0.3) is 33.4 Å². The van der Waals surface area contributed by atoms with Crippen molar-refractivity contribution in [3.63, 3.8) is 0 Å². The minimum atomic E-state index is -5.69. The molecule has 48 heavy (non-hydrogen) atoms. The van der Waals surface area contributed by atoms with Crippen LogP contribution >= 0.6 is 0 Å². The van der Waals surface area contributed by atoms with E-state index >= 15 is 26.3 Å². The molecule has 2 aliphatic rings. The predicted molar refractivity (Wildman–Crippen MR) is 150 cm³/mol. The molecule has 0 aromatic heterocycles. The Bertz CT molecular complexity index is 2160. The number of nitrogens with zero attached hydrogens (tertiary/aromatic N) is 6. The molecule has 0 bridgehead atoms. The van der Waals surface area contributed by atoms with Crippen LogP contribution in [0.5, 0.6) is 0 Å². The number of allylic oxidation sites excluding steroid dienone is 8. The van der Waals surface area contributed by atoms with Crippen LogP contribution in [0.15, 0.2) is 59.7 Å². The van der Waals surface area contributed by atoms with Gasteiger partial charge in [-0.1, -0.05) is 24.3 Å². The van der Waals surface area contributed by atoms with Gasteiger partial charge in [-0.05, 0) is 35.4 Å². The molecule has 0 aliphatic heterocycles. The Morgan fingerprint density at radius 2 is 0.750 bits per heavy atom. The molecule has 0 saturated heterocycles. The first-order valence-electron chi connectivity index (χ1n) is 13.0. The van der Waals surface area contributed by atoms with Crippen LogP contribution < -0.4 is 0 Å². The molecule has 3 aromatic rings. The molecule has 0 radical (unpaired) electrons. The molecule has 0 unspecified atom stereocenters. The van der Waals surface area contributed by atoms with Gasteiger partial charge >= 0.3 is 12.4 Å². The van der Waals surface area contributed by atoms with Gasteiger partial charge in [0.2, 0.25) is 0 Å². The smallest absolute Gasteiger partial charge is 0.207 e. The maximum atomic E-state index is 15.4. The molecule has 0 atom stereocenters. The Balaban J connectivity index is 2.22. The lowest BCUT2D eigenvalue weighted by Crippen LogP contribution is -2.20. The summed E-state index contributed by atoms with van der Waals surface area (Å²) in [6.45, 7) is 0. The second kappa shape index (κ2) is 11.4. The van der Waals surface area contributed by atoms with E-state index in [0.717, 1.165) is 48.5 Å². The lowest BCUT2D eigenvalue weighted by Gasteiger charge is -2.24. The Morgan fingerprint density at radius 1 is 0.458 bits per heavy atom. The molecule has 0 amide bonds. The molecule has 6 nitrogen and oxygen atoms in total. The van der Waals surface area contributed by atoms with E-state index in [9.17, 15) is 40.4 Å². The van der Waals surface area contributed by atoms with Crippen LogP contribution in [0.1, 0.15) is 44.5 Å². The van der Waals surface area contributed by atoms with Crippen molar-refractivity contribution in [3.8, 4) is 36.4 Å². The third-order valence-corrected chi connectivity index (χ3v) is 7.50. The summed E-state index contributed by atoms with van der Waals surface area (Å²) < 4.78 is 120. The fraction of sp³-hybridized carbons (Fsp3) is 0.0588. The Morgan fingerprint density at radius 3 is 0.979 bits per heavy atom. The van der Waals surface area contributed by atoms with E-state index in [1.165, 1.54) is 36.4 Å². The summed E-state index contributed by atoms with van der Waals surface area (Å²) in [4.78, 5) is 0. The number of hydrogen-bond donors (Lipinski definition) is 0. The van der Waals surface area contributed by atoms with Gasteiger partial charge in [-0.3, -0.25) is 0 Å². The van der Waals surface area contributed by atoms with E-state index in [-0.39, 0.29) is 11.1 Å². The first kappa shape index (κ1) is 32.4. The van der Waals surface area contributed by atoms with Crippen LogP contribution in [0.2, 0.25) is 0 Å². The number of nitriles is 6. The molecule has 5 rings (SSSR count). The van der Waals surface area contributed by atoms with Gasteiger partial charge in [0.25, 0.3) is 0 Å². The number of fused-ring (bicyclic) bond motifs is 2. The van der Waals surface area contributed by atoms with Gasteiger partial charge in [0, 0.05) is 44.5 Å². The zero-order chi connectivity index (χ0) is 35.3. The monoisotopic (exact) mass is 652 g/mol. The van der Waals surface area contributed by atoms with Crippen molar-refractivity contribution in [2.45, 2.75) is 12.4 Å².